The highest BCUT2D eigenvalue weighted by Gasteiger charge is 2.28. The normalized spacial score (nSPS) is 13.4. The highest BCUT2D eigenvalue weighted by atomic mass is 32.1. The molecule has 0 saturated heterocycles. The van der Waals surface area contributed by atoms with Crippen molar-refractivity contribution in [2.45, 2.75) is 32.1 Å². The first kappa shape index (κ1) is 19.1. The molecule has 1 N–H and O–H groups in total. The standard InChI is InChI=1S/C23H20N4OS2/c1-14-7-9-15(10-8-14)20-18(24-21(29-20)16-5-3-2-4-6-16)13-19(28)25-23-27-26-22(30-23)17-11-12-17/h2-10,17H,11-13H2,1H3,(H,25,27,28). The van der Waals surface area contributed by atoms with Gasteiger partial charge in [-0.25, -0.2) is 4.98 Å². The number of benzene rings is 2. The molecule has 0 bridgehead atoms. The van der Waals surface area contributed by atoms with E-state index in [4.69, 9.17) is 4.98 Å². The van der Waals surface area contributed by atoms with Gasteiger partial charge in [-0.05, 0) is 25.3 Å². The molecule has 5 nitrogen and oxygen atoms in total. The first-order chi connectivity index (χ1) is 14.7. The number of aryl methyl sites for hydroxylation is 1. The fourth-order valence-electron chi connectivity index (χ4n) is 3.20. The minimum atomic E-state index is -0.119. The summed E-state index contributed by atoms with van der Waals surface area (Å²) in [5.74, 6) is 0.417. The quantitative estimate of drug-likeness (QED) is 0.425. The summed E-state index contributed by atoms with van der Waals surface area (Å²) >= 11 is 3.09. The second kappa shape index (κ2) is 8.08. The molecule has 0 spiro atoms. The van der Waals surface area contributed by atoms with E-state index >= 15 is 0 Å². The summed E-state index contributed by atoms with van der Waals surface area (Å²) < 4.78 is 0. The van der Waals surface area contributed by atoms with Crippen LogP contribution in [0, 0.1) is 6.92 Å². The molecule has 1 aliphatic rings. The number of thiazole rings is 1. The Labute approximate surface area is 182 Å². The lowest BCUT2D eigenvalue weighted by Crippen LogP contribution is -2.15. The van der Waals surface area contributed by atoms with Crippen molar-refractivity contribution < 1.29 is 4.79 Å². The maximum absolute atomic E-state index is 12.8. The van der Waals surface area contributed by atoms with Crippen molar-refractivity contribution in [3.8, 4) is 21.0 Å². The summed E-state index contributed by atoms with van der Waals surface area (Å²) in [5.41, 5.74) is 4.12. The minimum absolute atomic E-state index is 0.119. The molecular formula is C23H20N4OS2. The molecule has 7 heteroatoms. The van der Waals surface area contributed by atoms with E-state index in [9.17, 15) is 4.79 Å². The number of rotatable bonds is 6. The highest BCUT2D eigenvalue weighted by molar-refractivity contribution is 7.18. The van der Waals surface area contributed by atoms with E-state index in [1.807, 2.05) is 30.3 Å². The summed E-state index contributed by atoms with van der Waals surface area (Å²) in [5, 5.41) is 13.7. The van der Waals surface area contributed by atoms with Crippen molar-refractivity contribution in [1.29, 1.82) is 0 Å². The van der Waals surface area contributed by atoms with Crippen LogP contribution in [0.25, 0.3) is 21.0 Å². The van der Waals surface area contributed by atoms with Crippen LogP contribution in [0.3, 0.4) is 0 Å². The average molecular weight is 433 g/mol. The van der Waals surface area contributed by atoms with Gasteiger partial charge in [0, 0.05) is 11.5 Å². The molecule has 150 valence electrons. The third-order valence-electron chi connectivity index (χ3n) is 4.97. The van der Waals surface area contributed by atoms with Crippen molar-refractivity contribution in [3.63, 3.8) is 0 Å². The summed E-state index contributed by atoms with van der Waals surface area (Å²) in [6.07, 6.45) is 2.54. The molecule has 1 aliphatic carbocycles. The van der Waals surface area contributed by atoms with Gasteiger partial charge in [-0.1, -0.05) is 71.5 Å². The van der Waals surface area contributed by atoms with Crippen molar-refractivity contribution in [3.05, 3.63) is 70.9 Å². The molecule has 2 aromatic heterocycles. The van der Waals surface area contributed by atoms with Gasteiger partial charge < -0.3 is 5.32 Å². The minimum Gasteiger partial charge on any atom is -0.300 e. The number of nitrogens with one attached hydrogen (secondary N) is 1. The second-order valence-electron chi connectivity index (χ2n) is 7.47. The second-order valence-corrected chi connectivity index (χ2v) is 9.48. The smallest absolute Gasteiger partial charge is 0.232 e. The fraction of sp³-hybridized carbons (Fsp3) is 0.217. The van der Waals surface area contributed by atoms with Crippen LogP contribution in [-0.2, 0) is 11.2 Å². The largest absolute Gasteiger partial charge is 0.300 e. The Morgan fingerprint density at radius 3 is 2.50 bits per heavy atom. The molecule has 4 aromatic rings. The van der Waals surface area contributed by atoms with Gasteiger partial charge in [0.2, 0.25) is 11.0 Å². The number of anilines is 1. The van der Waals surface area contributed by atoms with E-state index in [0.29, 0.717) is 11.0 Å². The number of amides is 1. The molecule has 0 atom stereocenters. The zero-order valence-corrected chi connectivity index (χ0v) is 18.1. The van der Waals surface area contributed by atoms with Crippen LogP contribution in [0.15, 0.2) is 54.6 Å². The van der Waals surface area contributed by atoms with Crippen LogP contribution in [0.1, 0.15) is 35.0 Å². The Morgan fingerprint density at radius 2 is 1.77 bits per heavy atom. The van der Waals surface area contributed by atoms with Gasteiger partial charge in [0.25, 0.3) is 0 Å². The van der Waals surface area contributed by atoms with Crippen LogP contribution in [-0.4, -0.2) is 21.1 Å². The van der Waals surface area contributed by atoms with Crippen LogP contribution < -0.4 is 5.32 Å². The number of carbonyl (C=O) groups is 1. The number of nitrogens with zero attached hydrogens (tertiary/aromatic N) is 3. The van der Waals surface area contributed by atoms with Gasteiger partial charge in [0.15, 0.2) is 0 Å². The predicted octanol–water partition coefficient (Wildman–Crippen LogP) is 5.70. The molecule has 1 amide bonds. The first-order valence-corrected chi connectivity index (χ1v) is 11.5. The zero-order chi connectivity index (χ0) is 20.5. The molecule has 5 rings (SSSR count). The van der Waals surface area contributed by atoms with E-state index in [-0.39, 0.29) is 12.3 Å². The topological polar surface area (TPSA) is 67.8 Å². The predicted molar refractivity (Wildman–Crippen MR) is 122 cm³/mol. The Morgan fingerprint density at radius 1 is 1.00 bits per heavy atom. The number of hydrogen-bond acceptors (Lipinski definition) is 6. The van der Waals surface area contributed by atoms with Gasteiger partial charge >= 0.3 is 0 Å². The monoisotopic (exact) mass is 432 g/mol. The third kappa shape index (κ3) is 4.17. The van der Waals surface area contributed by atoms with Gasteiger partial charge in [-0.3, -0.25) is 4.79 Å². The molecule has 30 heavy (non-hydrogen) atoms. The van der Waals surface area contributed by atoms with Gasteiger partial charge in [-0.2, -0.15) is 0 Å². The lowest BCUT2D eigenvalue weighted by atomic mass is 10.1. The van der Waals surface area contributed by atoms with Crippen LogP contribution in [0.2, 0.25) is 0 Å². The summed E-state index contributed by atoms with van der Waals surface area (Å²) in [6.45, 7) is 2.07. The third-order valence-corrected chi connectivity index (χ3v) is 7.17. The lowest BCUT2D eigenvalue weighted by Gasteiger charge is -2.03. The van der Waals surface area contributed by atoms with E-state index in [0.717, 1.165) is 31.7 Å². The lowest BCUT2D eigenvalue weighted by molar-refractivity contribution is -0.115. The van der Waals surface area contributed by atoms with Crippen LogP contribution in [0.5, 0.6) is 0 Å². The van der Waals surface area contributed by atoms with Crippen molar-refractivity contribution in [2.24, 2.45) is 0 Å². The Bertz CT molecular complexity index is 1180. The van der Waals surface area contributed by atoms with Crippen LogP contribution in [0.4, 0.5) is 5.13 Å². The van der Waals surface area contributed by atoms with E-state index in [1.54, 1.807) is 11.3 Å². The van der Waals surface area contributed by atoms with Crippen molar-refractivity contribution in [1.82, 2.24) is 15.2 Å². The molecule has 0 aliphatic heterocycles. The van der Waals surface area contributed by atoms with E-state index in [2.05, 4.69) is 46.7 Å². The van der Waals surface area contributed by atoms with Crippen molar-refractivity contribution in [2.75, 3.05) is 5.32 Å². The molecule has 2 heterocycles. The molecular weight excluding hydrogens is 412 g/mol. The van der Waals surface area contributed by atoms with Crippen molar-refractivity contribution >= 4 is 33.7 Å². The molecule has 1 saturated carbocycles. The maximum Gasteiger partial charge on any atom is 0.232 e. The fourth-order valence-corrected chi connectivity index (χ4v) is 5.22. The molecule has 1 fully saturated rings. The Kier molecular flexibility index (Phi) is 5.14. The molecule has 0 unspecified atom stereocenters. The highest BCUT2D eigenvalue weighted by Crippen LogP contribution is 2.42. The van der Waals surface area contributed by atoms with Gasteiger partial charge in [0.05, 0.1) is 17.0 Å². The summed E-state index contributed by atoms with van der Waals surface area (Å²) in [7, 11) is 0. The molecule has 2 aromatic carbocycles. The molecule has 0 radical (unpaired) electrons. The zero-order valence-electron chi connectivity index (χ0n) is 16.5. The van der Waals surface area contributed by atoms with E-state index < -0.39 is 0 Å². The van der Waals surface area contributed by atoms with Gasteiger partial charge in [-0.15, -0.1) is 21.5 Å². The number of hydrogen-bond donors (Lipinski definition) is 1. The Balaban J connectivity index is 1.42. The summed E-state index contributed by atoms with van der Waals surface area (Å²) in [6, 6.07) is 18.4. The average Bonchev–Trinajstić information content (AvgIpc) is 3.37. The van der Waals surface area contributed by atoms with Gasteiger partial charge in [0.1, 0.15) is 10.0 Å². The number of aromatic nitrogens is 3. The van der Waals surface area contributed by atoms with Crippen LogP contribution >= 0.6 is 22.7 Å². The first-order valence-electron chi connectivity index (χ1n) is 9.91. The maximum atomic E-state index is 12.8. The summed E-state index contributed by atoms with van der Waals surface area (Å²) in [4.78, 5) is 18.6. The Hall–Kier alpha value is -2.90. The number of carbonyl (C=O) groups excluding carboxylic acids is 1. The van der Waals surface area contributed by atoms with E-state index in [1.165, 1.54) is 29.7 Å². The SMILES string of the molecule is Cc1ccc(-c2sc(-c3ccccc3)nc2CC(=O)Nc2nnc(C3CC3)s2)cc1.